The van der Waals surface area contributed by atoms with Crippen LogP contribution in [0.1, 0.15) is 0 Å². The van der Waals surface area contributed by atoms with E-state index in [4.69, 9.17) is 11.0 Å². The summed E-state index contributed by atoms with van der Waals surface area (Å²) >= 11 is 1.35. The largest absolute Gasteiger partial charge is 0.271 e. The lowest BCUT2D eigenvalue weighted by atomic mass is 10.3. The average molecular weight is 209 g/mol. The van der Waals surface area contributed by atoms with Crippen LogP contribution in [0.15, 0.2) is 37.4 Å². The van der Waals surface area contributed by atoms with Gasteiger partial charge in [0, 0.05) is 0 Å². The molecular formula is C9H11N3OS. The van der Waals surface area contributed by atoms with Crippen LogP contribution in [0.25, 0.3) is 10.2 Å². The quantitative estimate of drug-likeness (QED) is 0.429. The minimum Gasteiger partial charge on any atom is -0.271 e. The molecule has 0 radical (unpaired) electrons. The van der Waals surface area contributed by atoms with E-state index in [0.717, 1.165) is 10.2 Å². The summed E-state index contributed by atoms with van der Waals surface area (Å²) in [5, 5.41) is 9.82. The number of rotatable bonds is 1. The van der Waals surface area contributed by atoms with Gasteiger partial charge in [0.1, 0.15) is 0 Å². The molecule has 0 aliphatic rings. The van der Waals surface area contributed by atoms with Gasteiger partial charge in [-0.15, -0.1) is 13.2 Å². The first-order chi connectivity index (χ1) is 6.77. The van der Waals surface area contributed by atoms with Crippen molar-refractivity contribution in [1.29, 1.82) is 0 Å². The minimum absolute atomic E-state index is 0.399. The molecule has 1 heterocycles. The molecule has 5 heteroatoms. The first-order valence-corrected chi connectivity index (χ1v) is 4.68. The number of hydrogen-bond acceptors (Lipinski definition) is 5. The lowest BCUT2D eigenvalue weighted by molar-refractivity contribution is 0.257. The third-order valence-corrected chi connectivity index (χ3v) is 2.50. The summed E-state index contributed by atoms with van der Waals surface area (Å²) in [5.74, 6) is 5.11. The maximum absolute atomic E-state index is 8.88. The molecule has 2 aromatic rings. The second-order valence-electron chi connectivity index (χ2n) is 2.31. The number of anilines is 1. The van der Waals surface area contributed by atoms with E-state index >= 15 is 0 Å². The van der Waals surface area contributed by atoms with E-state index in [1.165, 1.54) is 11.3 Å². The Morgan fingerprint density at radius 2 is 2.00 bits per heavy atom. The van der Waals surface area contributed by atoms with E-state index in [0.29, 0.717) is 10.3 Å². The van der Waals surface area contributed by atoms with Gasteiger partial charge in [0.25, 0.3) is 0 Å². The van der Waals surface area contributed by atoms with Crippen LogP contribution in [0.3, 0.4) is 0 Å². The van der Waals surface area contributed by atoms with Crippen molar-refractivity contribution in [3.05, 3.63) is 37.4 Å². The van der Waals surface area contributed by atoms with Crippen LogP contribution in [0.2, 0.25) is 0 Å². The van der Waals surface area contributed by atoms with Crippen molar-refractivity contribution in [2.24, 2.45) is 5.84 Å². The summed E-state index contributed by atoms with van der Waals surface area (Å²) in [7, 11) is 0. The number of thiazole rings is 1. The van der Waals surface area contributed by atoms with Crippen LogP contribution >= 0.6 is 11.3 Å². The van der Waals surface area contributed by atoms with Crippen LogP contribution < -0.4 is 11.0 Å². The van der Waals surface area contributed by atoms with Crippen molar-refractivity contribution < 1.29 is 5.21 Å². The summed E-state index contributed by atoms with van der Waals surface area (Å²) in [5.41, 5.74) is 0.849. The van der Waals surface area contributed by atoms with Gasteiger partial charge in [-0.05, 0) is 12.1 Å². The van der Waals surface area contributed by atoms with E-state index in [1.54, 1.807) is 0 Å². The summed E-state index contributed by atoms with van der Waals surface area (Å²) < 4.78 is 1.01. The first-order valence-electron chi connectivity index (χ1n) is 3.86. The zero-order chi connectivity index (χ0) is 10.6. The predicted octanol–water partition coefficient (Wildman–Crippen LogP) is 2.17. The molecule has 4 nitrogen and oxygen atoms in total. The molecule has 0 aliphatic carbocycles. The monoisotopic (exact) mass is 209 g/mol. The van der Waals surface area contributed by atoms with Gasteiger partial charge in [-0.3, -0.25) is 5.21 Å². The molecule has 2 rings (SSSR count). The minimum atomic E-state index is 0.399. The Hall–Kier alpha value is -1.43. The van der Waals surface area contributed by atoms with E-state index in [-0.39, 0.29) is 0 Å². The molecular weight excluding hydrogens is 198 g/mol. The molecule has 3 N–H and O–H groups in total. The lowest BCUT2D eigenvalue weighted by Crippen LogP contribution is -2.25. The fourth-order valence-electron chi connectivity index (χ4n) is 0.958. The third-order valence-electron chi connectivity index (χ3n) is 1.48. The topological polar surface area (TPSA) is 62.4 Å². The van der Waals surface area contributed by atoms with Crippen molar-refractivity contribution in [1.82, 2.24) is 4.98 Å². The normalized spacial score (nSPS) is 9.29. The van der Waals surface area contributed by atoms with Crippen LogP contribution in [0.5, 0.6) is 0 Å². The van der Waals surface area contributed by atoms with Crippen molar-refractivity contribution in [2.75, 3.05) is 5.17 Å². The molecule has 14 heavy (non-hydrogen) atoms. The number of hydrazine groups is 1. The van der Waals surface area contributed by atoms with Crippen LogP contribution in [0.4, 0.5) is 5.13 Å². The van der Waals surface area contributed by atoms with Crippen molar-refractivity contribution in [3.63, 3.8) is 0 Å². The first kappa shape index (κ1) is 10.6. The summed E-state index contributed by atoms with van der Waals surface area (Å²) in [6.07, 6.45) is 0. The number of aromatic nitrogens is 1. The van der Waals surface area contributed by atoms with Gasteiger partial charge in [-0.1, -0.05) is 23.5 Å². The van der Waals surface area contributed by atoms with Crippen molar-refractivity contribution in [2.45, 2.75) is 0 Å². The van der Waals surface area contributed by atoms with Gasteiger partial charge in [0.2, 0.25) is 5.13 Å². The zero-order valence-electron chi connectivity index (χ0n) is 7.55. The van der Waals surface area contributed by atoms with E-state index in [1.807, 2.05) is 24.3 Å². The van der Waals surface area contributed by atoms with Gasteiger partial charge >= 0.3 is 0 Å². The van der Waals surface area contributed by atoms with E-state index in [9.17, 15) is 0 Å². The molecule has 0 saturated heterocycles. The number of fused-ring (bicyclic) bond motifs is 1. The van der Waals surface area contributed by atoms with Crippen molar-refractivity contribution in [3.8, 4) is 0 Å². The highest BCUT2D eigenvalue weighted by Gasteiger charge is 2.04. The van der Waals surface area contributed by atoms with E-state index in [2.05, 4.69) is 18.1 Å². The average Bonchev–Trinajstić information content (AvgIpc) is 2.64. The molecule has 0 atom stereocenters. The predicted molar refractivity (Wildman–Crippen MR) is 59.3 cm³/mol. The van der Waals surface area contributed by atoms with Gasteiger partial charge in [-0.25, -0.2) is 10.8 Å². The summed E-state index contributed by atoms with van der Waals surface area (Å²) in [6.45, 7) is 6.00. The molecule has 0 saturated carbocycles. The number of para-hydroxylation sites is 1. The van der Waals surface area contributed by atoms with Crippen LogP contribution in [-0.4, -0.2) is 10.2 Å². The van der Waals surface area contributed by atoms with Gasteiger partial charge < -0.3 is 0 Å². The summed E-state index contributed by atoms with van der Waals surface area (Å²) in [4.78, 5) is 4.08. The molecule has 0 aliphatic heterocycles. The second kappa shape index (κ2) is 4.71. The maximum atomic E-state index is 8.88. The Balaban J connectivity index is 0.000000461. The Bertz CT molecular complexity index is 380. The highest BCUT2D eigenvalue weighted by Crippen LogP contribution is 2.25. The Morgan fingerprint density at radius 1 is 1.36 bits per heavy atom. The summed E-state index contributed by atoms with van der Waals surface area (Å²) in [6, 6.07) is 7.62. The fraction of sp³-hybridized carbons (Fsp3) is 0. The molecule has 1 aromatic heterocycles. The number of nitrogens with zero attached hydrogens (tertiary/aromatic N) is 2. The molecule has 0 fully saturated rings. The second-order valence-corrected chi connectivity index (χ2v) is 3.32. The van der Waals surface area contributed by atoms with Crippen LogP contribution in [-0.2, 0) is 0 Å². The number of hydrogen-bond donors (Lipinski definition) is 2. The highest BCUT2D eigenvalue weighted by molar-refractivity contribution is 7.22. The smallest absolute Gasteiger partial charge is 0.227 e. The maximum Gasteiger partial charge on any atom is 0.227 e. The van der Waals surface area contributed by atoms with Crippen molar-refractivity contribution >= 4 is 26.7 Å². The van der Waals surface area contributed by atoms with Gasteiger partial charge in [0.05, 0.1) is 10.2 Å². The molecule has 0 spiro atoms. The molecule has 74 valence electrons. The molecule has 1 aromatic carbocycles. The van der Waals surface area contributed by atoms with Gasteiger partial charge in [-0.2, -0.15) is 5.17 Å². The number of benzene rings is 1. The highest BCUT2D eigenvalue weighted by atomic mass is 32.1. The van der Waals surface area contributed by atoms with E-state index < -0.39 is 0 Å². The zero-order valence-corrected chi connectivity index (χ0v) is 8.37. The fourth-order valence-corrected chi connectivity index (χ4v) is 1.76. The molecule has 0 bridgehead atoms. The SMILES string of the molecule is C=C.NN(O)c1nc2ccccc2s1. The Labute approximate surface area is 85.8 Å². The standard InChI is InChI=1S/C7H7N3OS.C2H4/c8-10(11)7-9-5-3-1-2-4-6(5)12-7;1-2/h1-4,11H,8H2;1-2H2. The molecule has 0 amide bonds. The van der Waals surface area contributed by atoms with Gasteiger partial charge in [0.15, 0.2) is 0 Å². The van der Waals surface area contributed by atoms with Crippen LogP contribution in [0, 0.1) is 0 Å². The molecule has 0 unspecified atom stereocenters. The number of nitrogens with two attached hydrogens (primary N) is 1. The lowest BCUT2D eigenvalue weighted by Gasteiger charge is -2.01. The third kappa shape index (κ3) is 2.08. The Kier molecular flexibility index (Phi) is 3.58. The Morgan fingerprint density at radius 3 is 2.57 bits per heavy atom.